The second-order valence-electron chi connectivity index (χ2n) is 9.32. The van der Waals surface area contributed by atoms with E-state index in [1.807, 2.05) is 12.1 Å². The molecule has 6 nitrogen and oxygen atoms in total. The molecule has 2 atom stereocenters. The summed E-state index contributed by atoms with van der Waals surface area (Å²) in [5, 5.41) is 17.0. The summed E-state index contributed by atoms with van der Waals surface area (Å²) in [6.07, 6.45) is 1.00. The maximum Gasteiger partial charge on any atom is 0.220 e. The van der Waals surface area contributed by atoms with Crippen LogP contribution in [0.5, 0.6) is 0 Å². The van der Waals surface area contributed by atoms with E-state index < -0.39 is 35.0 Å². The van der Waals surface area contributed by atoms with Gasteiger partial charge in [0.15, 0.2) is 0 Å². The molecule has 0 bridgehead atoms. The number of aliphatic hydroxyl groups excluding tert-OH is 1. The van der Waals surface area contributed by atoms with E-state index in [0.29, 0.717) is 30.0 Å². The molecule has 3 N–H and O–H groups in total. The smallest absolute Gasteiger partial charge is 0.220 e. The van der Waals surface area contributed by atoms with Gasteiger partial charge in [0.05, 0.1) is 12.1 Å². The number of aliphatic hydroxyl groups is 1. The summed E-state index contributed by atoms with van der Waals surface area (Å²) in [5.41, 5.74) is 2.69. The van der Waals surface area contributed by atoms with Crippen LogP contribution in [0.1, 0.15) is 36.5 Å². The number of benzene rings is 2. The number of carbonyl (C=O) groups excluding carboxylic acids is 1. The highest BCUT2D eigenvalue weighted by Crippen LogP contribution is 2.13. The molecule has 1 heterocycles. The number of amides is 1. The SMILES string of the molecule is CCc1cccc(CNC[C@@H](O)[C@H](Cc2cc(F)cc(F)c2)NC(=O)CCCN2CC[S+]([O-])CC2)c1. The number of halogens is 2. The largest absolute Gasteiger partial charge is 0.616 e. The van der Waals surface area contributed by atoms with Gasteiger partial charge in [-0.05, 0) is 54.6 Å². The van der Waals surface area contributed by atoms with Crippen LogP contribution in [0.25, 0.3) is 0 Å². The molecule has 2 aromatic rings. The van der Waals surface area contributed by atoms with E-state index >= 15 is 0 Å². The van der Waals surface area contributed by atoms with Gasteiger partial charge in [0.2, 0.25) is 5.91 Å². The highest BCUT2D eigenvalue weighted by Gasteiger charge is 2.23. The van der Waals surface area contributed by atoms with Crippen molar-refractivity contribution in [3.63, 3.8) is 0 Å². The first kappa shape index (κ1) is 28.5. The Balaban J connectivity index is 1.54. The fourth-order valence-corrected chi connectivity index (χ4v) is 5.50. The van der Waals surface area contributed by atoms with Crippen molar-refractivity contribution in [2.45, 2.75) is 51.3 Å². The van der Waals surface area contributed by atoms with Crippen LogP contribution in [0, 0.1) is 11.6 Å². The first-order valence-corrected chi connectivity index (χ1v) is 14.1. The van der Waals surface area contributed by atoms with Crippen LogP contribution in [-0.4, -0.2) is 70.3 Å². The third-order valence-corrected chi connectivity index (χ3v) is 7.70. The van der Waals surface area contributed by atoms with Crippen molar-refractivity contribution in [1.82, 2.24) is 15.5 Å². The van der Waals surface area contributed by atoms with Gasteiger partial charge < -0.3 is 20.3 Å². The van der Waals surface area contributed by atoms with Crippen LogP contribution >= 0.6 is 0 Å². The summed E-state index contributed by atoms with van der Waals surface area (Å²) in [6.45, 7) is 5.14. The predicted octanol–water partition coefficient (Wildman–Crippen LogP) is 2.55. The zero-order chi connectivity index (χ0) is 25.9. The van der Waals surface area contributed by atoms with Crippen LogP contribution in [0.15, 0.2) is 42.5 Å². The maximum atomic E-state index is 13.7. The Morgan fingerprint density at radius 2 is 1.81 bits per heavy atom. The Morgan fingerprint density at radius 1 is 1.11 bits per heavy atom. The fourth-order valence-electron chi connectivity index (χ4n) is 4.37. The lowest BCUT2D eigenvalue weighted by atomic mass is 10.00. The number of hydrogen-bond acceptors (Lipinski definition) is 5. The number of rotatable bonds is 13. The van der Waals surface area contributed by atoms with Gasteiger partial charge >= 0.3 is 0 Å². The number of hydrogen-bond donors (Lipinski definition) is 3. The molecule has 1 fully saturated rings. The van der Waals surface area contributed by atoms with E-state index in [-0.39, 0.29) is 25.3 Å². The van der Waals surface area contributed by atoms with Crippen molar-refractivity contribution >= 4 is 17.1 Å². The molecule has 1 amide bonds. The van der Waals surface area contributed by atoms with Crippen LogP contribution in [0.4, 0.5) is 8.78 Å². The highest BCUT2D eigenvalue weighted by atomic mass is 32.2. The molecule has 0 radical (unpaired) electrons. The van der Waals surface area contributed by atoms with Crippen molar-refractivity contribution in [2.24, 2.45) is 0 Å². The Bertz CT molecular complexity index is 953. The van der Waals surface area contributed by atoms with Gasteiger partial charge in [0.1, 0.15) is 23.1 Å². The third kappa shape index (κ3) is 9.78. The number of nitrogens with zero attached hydrogens (tertiary/aromatic N) is 1. The zero-order valence-electron chi connectivity index (χ0n) is 20.8. The molecule has 3 rings (SSSR count). The average Bonchev–Trinajstić information content (AvgIpc) is 2.84. The van der Waals surface area contributed by atoms with Gasteiger partial charge in [0.25, 0.3) is 0 Å². The molecule has 0 saturated carbocycles. The Morgan fingerprint density at radius 3 is 2.50 bits per heavy atom. The van der Waals surface area contributed by atoms with E-state index in [4.69, 9.17) is 0 Å². The van der Waals surface area contributed by atoms with Gasteiger partial charge in [-0.15, -0.1) is 0 Å². The second-order valence-corrected chi connectivity index (χ2v) is 11.0. The second kappa shape index (κ2) is 14.6. The van der Waals surface area contributed by atoms with Gasteiger partial charge in [0, 0.05) is 38.7 Å². The highest BCUT2D eigenvalue weighted by molar-refractivity contribution is 7.91. The molecule has 1 saturated heterocycles. The van der Waals surface area contributed by atoms with E-state index in [9.17, 15) is 23.2 Å². The summed E-state index contributed by atoms with van der Waals surface area (Å²) in [5.74, 6) is -0.269. The van der Waals surface area contributed by atoms with Crippen LogP contribution in [0.2, 0.25) is 0 Å². The summed E-state index contributed by atoms with van der Waals surface area (Å²) >= 11 is -0.737. The zero-order valence-corrected chi connectivity index (χ0v) is 21.7. The number of carbonyl (C=O) groups is 1. The average molecular weight is 522 g/mol. The molecule has 0 aliphatic carbocycles. The van der Waals surface area contributed by atoms with Crippen molar-refractivity contribution < 1.29 is 23.2 Å². The molecule has 0 aromatic heterocycles. The maximum absolute atomic E-state index is 13.7. The van der Waals surface area contributed by atoms with Crippen molar-refractivity contribution in [1.29, 1.82) is 0 Å². The van der Waals surface area contributed by atoms with Gasteiger partial charge in [-0.2, -0.15) is 0 Å². The molecule has 2 aromatic carbocycles. The predicted molar refractivity (Wildman–Crippen MR) is 139 cm³/mol. The third-order valence-electron chi connectivity index (χ3n) is 6.42. The monoisotopic (exact) mass is 521 g/mol. The Labute approximate surface area is 215 Å². The molecule has 9 heteroatoms. The van der Waals surface area contributed by atoms with Crippen LogP contribution < -0.4 is 10.6 Å². The molecule has 0 spiro atoms. The Kier molecular flexibility index (Phi) is 11.6. The van der Waals surface area contributed by atoms with E-state index in [0.717, 1.165) is 37.7 Å². The molecular formula is C27H37F2N3O3S. The van der Waals surface area contributed by atoms with Crippen molar-refractivity contribution in [2.75, 3.05) is 37.7 Å². The number of nitrogens with one attached hydrogen (secondary N) is 2. The van der Waals surface area contributed by atoms with Gasteiger partial charge in [-0.3, -0.25) is 9.69 Å². The molecule has 0 unspecified atom stereocenters. The summed E-state index contributed by atoms with van der Waals surface area (Å²) in [4.78, 5) is 14.9. The number of aryl methyl sites for hydroxylation is 1. The van der Waals surface area contributed by atoms with Crippen LogP contribution in [-0.2, 0) is 35.4 Å². The lowest BCUT2D eigenvalue weighted by Crippen LogP contribution is -2.48. The van der Waals surface area contributed by atoms with E-state index in [1.54, 1.807) is 0 Å². The molecule has 1 aliphatic rings. The summed E-state index contributed by atoms with van der Waals surface area (Å²) < 4.78 is 39.0. The van der Waals surface area contributed by atoms with E-state index in [2.05, 4.69) is 34.6 Å². The standard InChI is InChI=1S/C27H37F2N3O3S/c1-2-20-5-3-6-21(13-20)18-30-19-26(33)25(16-22-14-23(28)17-24(29)15-22)31-27(34)7-4-8-32-9-11-36(35)12-10-32/h3,5-6,13-15,17,25-26,30,33H,2,4,7-12,16,18-19H2,1H3,(H,31,34)/t25-,26+/m0/s1. The first-order chi connectivity index (χ1) is 17.3. The van der Waals surface area contributed by atoms with Crippen molar-refractivity contribution in [3.8, 4) is 0 Å². The van der Waals surface area contributed by atoms with E-state index in [1.165, 1.54) is 17.7 Å². The summed E-state index contributed by atoms with van der Waals surface area (Å²) in [7, 11) is 0. The van der Waals surface area contributed by atoms with Gasteiger partial charge in [-0.1, -0.05) is 42.4 Å². The lowest BCUT2D eigenvalue weighted by molar-refractivity contribution is -0.122. The van der Waals surface area contributed by atoms with Crippen LogP contribution in [0.3, 0.4) is 0 Å². The minimum Gasteiger partial charge on any atom is -0.616 e. The minimum atomic E-state index is -0.952. The topological polar surface area (TPSA) is 87.7 Å². The summed E-state index contributed by atoms with van der Waals surface area (Å²) in [6, 6.07) is 10.7. The molecular weight excluding hydrogens is 484 g/mol. The van der Waals surface area contributed by atoms with Gasteiger partial charge in [-0.25, -0.2) is 8.78 Å². The molecule has 198 valence electrons. The molecule has 36 heavy (non-hydrogen) atoms. The fraction of sp³-hybridized carbons (Fsp3) is 0.519. The minimum absolute atomic E-state index is 0.104. The molecule has 1 aliphatic heterocycles. The quantitative estimate of drug-likeness (QED) is 0.353. The Hall–Kier alpha value is -2.04. The lowest BCUT2D eigenvalue weighted by Gasteiger charge is -2.28. The normalized spacial score (nSPS) is 16.6. The van der Waals surface area contributed by atoms with Crippen molar-refractivity contribution in [3.05, 3.63) is 70.8 Å². The first-order valence-electron chi connectivity index (χ1n) is 12.6.